The summed E-state index contributed by atoms with van der Waals surface area (Å²) >= 11 is 20.4. The molecule has 0 spiro atoms. The molecule has 0 aliphatic carbocycles. The molecule has 0 aliphatic heterocycles. The minimum atomic E-state index is -3.66. The molecule has 0 aliphatic rings. The zero-order valence-corrected chi connectivity index (χ0v) is 13.9. The highest BCUT2D eigenvalue weighted by Crippen LogP contribution is 2.27. The molecule has 0 fully saturated rings. The normalized spacial score (nSPS) is 12.1. The third kappa shape index (κ3) is 3.99. The van der Waals surface area contributed by atoms with Crippen molar-refractivity contribution < 1.29 is 8.42 Å². The number of hydrogen-bond acceptors (Lipinski definition) is 2. The summed E-state index contributed by atoms with van der Waals surface area (Å²) in [6.07, 6.45) is 0. The average Bonchev–Trinajstić information content (AvgIpc) is 2.28. The molecule has 0 aromatic heterocycles. The minimum Gasteiger partial charge on any atom is -0.207 e. The summed E-state index contributed by atoms with van der Waals surface area (Å²) < 4.78 is 26.6. The number of nitrogens with zero attached hydrogens (tertiary/aromatic N) is 1. The van der Waals surface area contributed by atoms with E-state index in [1.165, 1.54) is 16.4 Å². The maximum Gasteiger partial charge on any atom is 0.244 e. The van der Waals surface area contributed by atoms with Gasteiger partial charge in [-0.25, -0.2) is 8.42 Å². The van der Waals surface area contributed by atoms with Gasteiger partial charge in [-0.15, -0.1) is 23.2 Å². The quantitative estimate of drug-likeness (QED) is 0.691. The summed E-state index contributed by atoms with van der Waals surface area (Å²) in [6, 6.07) is 4.61. The van der Waals surface area contributed by atoms with Crippen LogP contribution in [0.3, 0.4) is 0 Å². The number of alkyl halides is 2. The second kappa shape index (κ2) is 7.31. The molecule has 1 aromatic carbocycles. The lowest BCUT2D eigenvalue weighted by Gasteiger charge is -2.20. The number of halogens is 4. The van der Waals surface area contributed by atoms with Gasteiger partial charge in [0.2, 0.25) is 10.0 Å². The van der Waals surface area contributed by atoms with Gasteiger partial charge in [-0.2, -0.15) is 4.31 Å². The number of benzene rings is 1. The lowest BCUT2D eigenvalue weighted by Crippen LogP contribution is -2.34. The number of rotatable bonds is 6. The predicted octanol–water partition coefficient (Wildman–Crippen LogP) is 3.57. The second-order valence-electron chi connectivity index (χ2n) is 3.36. The van der Waals surface area contributed by atoms with Gasteiger partial charge in [0, 0.05) is 29.3 Å². The Kier molecular flexibility index (Phi) is 6.72. The Morgan fingerprint density at radius 1 is 1.17 bits per heavy atom. The molecule has 0 radical (unpaired) electrons. The van der Waals surface area contributed by atoms with Crippen LogP contribution in [0.25, 0.3) is 0 Å². The Balaban J connectivity index is 3.17. The van der Waals surface area contributed by atoms with E-state index in [9.17, 15) is 8.42 Å². The first-order valence-corrected chi connectivity index (χ1v) is 8.68. The van der Waals surface area contributed by atoms with E-state index in [0.717, 1.165) is 0 Å². The molecule has 0 heterocycles. The molecule has 0 amide bonds. The van der Waals surface area contributed by atoms with Crippen molar-refractivity contribution in [2.24, 2.45) is 0 Å². The Morgan fingerprint density at radius 2 is 1.72 bits per heavy atom. The lowest BCUT2D eigenvalue weighted by molar-refractivity contribution is 0.448. The van der Waals surface area contributed by atoms with E-state index in [4.69, 9.17) is 34.8 Å². The van der Waals surface area contributed by atoms with Gasteiger partial charge in [0.25, 0.3) is 0 Å². The van der Waals surface area contributed by atoms with Gasteiger partial charge in [0.15, 0.2) is 0 Å². The third-order valence-electron chi connectivity index (χ3n) is 2.18. The van der Waals surface area contributed by atoms with E-state index in [1.807, 2.05) is 0 Å². The summed E-state index contributed by atoms with van der Waals surface area (Å²) in [5.41, 5.74) is 0. The minimum absolute atomic E-state index is 0.0580. The van der Waals surface area contributed by atoms with Gasteiger partial charge in [0.1, 0.15) is 4.90 Å². The van der Waals surface area contributed by atoms with Gasteiger partial charge >= 0.3 is 0 Å². The van der Waals surface area contributed by atoms with Crippen molar-refractivity contribution in [3.8, 4) is 0 Å². The highest BCUT2D eigenvalue weighted by molar-refractivity contribution is 9.10. The molecule has 1 rings (SSSR count). The molecule has 0 saturated heterocycles. The van der Waals surface area contributed by atoms with Crippen LogP contribution < -0.4 is 0 Å². The molecule has 0 atom stereocenters. The van der Waals surface area contributed by atoms with Crippen molar-refractivity contribution in [2.75, 3.05) is 24.8 Å². The van der Waals surface area contributed by atoms with Crippen LogP contribution >= 0.6 is 50.7 Å². The zero-order valence-electron chi connectivity index (χ0n) is 9.24. The van der Waals surface area contributed by atoms with Crippen molar-refractivity contribution >= 4 is 60.8 Å². The highest BCUT2D eigenvalue weighted by Gasteiger charge is 2.25. The second-order valence-corrected chi connectivity index (χ2v) is 7.34. The van der Waals surface area contributed by atoms with Crippen LogP contribution in [-0.2, 0) is 10.0 Å². The van der Waals surface area contributed by atoms with Gasteiger partial charge in [-0.3, -0.25) is 0 Å². The Bertz CT molecular complexity index is 504. The first-order valence-electron chi connectivity index (χ1n) is 5.00. The van der Waals surface area contributed by atoms with Crippen LogP contribution in [0.4, 0.5) is 0 Å². The number of sulfonamides is 1. The van der Waals surface area contributed by atoms with E-state index in [-0.39, 0.29) is 34.8 Å². The SMILES string of the molecule is O=S(=O)(c1ccc(Br)cc1Cl)N(CCCl)CCCl. The van der Waals surface area contributed by atoms with Crippen LogP contribution in [0.5, 0.6) is 0 Å². The summed E-state index contributed by atoms with van der Waals surface area (Å²) in [5.74, 6) is 0.397. The fourth-order valence-corrected chi connectivity index (χ4v) is 4.43. The summed E-state index contributed by atoms with van der Waals surface area (Å²) in [7, 11) is -3.66. The van der Waals surface area contributed by atoms with E-state index < -0.39 is 10.0 Å². The Morgan fingerprint density at radius 3 is 2.17 bits per heavy atom. The molecule has 102 valence electrons. The first-order chi connectivity index (χ1) is 8.43. The van der Waals surface area contributed by atoms with Gasteiger partial charge in [0.05, 0.1) is 5.02 Å². The lowest BCUT2D eigenvalue weighted by atomic mass is 10.4. The average molecular weight is 396 g/mol. The van der Waals surface area contributed by atoms with Crippen LogP contribution in [-0.4, -0.2) is 37.6 Å². The van der Waals surface area contributed by atoms with Crippen molar-refractivity contribution in [3.63, 3.8) is 0 Å². The molecular weight excluding hydrogens is 384 g/mol. The largest absolute Gasteiger partial charge is 0.244 e. The molecule has 1 aromatic rings. The smallest absolute Gasteiger partial charge is 0.207 e. The fraction of sp³-hybridized carbons (Fsp3) is 0.400. The van der Waals surface area contributed by atoms with Gasteiger partial charge in [-0.05, 0) is 18.2 Å². The van der Waals surface area contributed by atoms with Crippen LogP contribution in [0.15, 0.2) is 27.6 Å². The predicted molar refractivity (Wildman–Crippen MR) is 79.4 cm³/mol. The van der Waals surface area contributed by atoms with Crippen LogP contribution in [0.2, 0.25) is 5.02 Å². The zero-order chi connectivity index (χ0) is 13.8. The van der Waals surface area contributed by atoms with Crippen molar-refractivity contribution in [3.05, 3.63) is 27.7 Å². The summed E-state index contributed by atoms with van der Waals surface area (Å²) in [4.78, 5) is 0.0580. The molecule has 0 N–H and O–H groups in total. The standard InChI is InChI=1S/C10H11BrCl3NO2S/c11-8-1-2-10(9(14)7-8)18(16,17)15(5-3-12)6-4-13/h1-2,7H,3-6H2. The van der Waals surface area contributed by atoms with Crippen molar-refractivity contribution in [1.29, 1.82) is 0 Å². The third-order valence-corrected chi connectivity index (χ3v) is 5.39. The van der Waals surface area contributed by atoms with Gasteiger partial charge < -0.3 is 0 Å². The fourth-order valence-electron chi connectivity index (χ4n) is 1.36. The summed E-state index contributed by atoms with van der Waals surface area (Å²) in [6.45, 7) is 0.395. The molecule has 0 bridgehead atoms. The first kappa shape index (κ1) is 16.5. The molecular formula is C10H11BrCl3NO2S. The maximum atomic E-state index is 12.4. The van der Waals surface area contributed by atoms with E-state index in [0.29, 0.717) is 4.47 Å². The molecule has 18 heavy (non-hydrogen) atoms. The number of hydrogen-bond donors (Lipinski definition) is 0. The topological polar surface area (TPSA) is 37.4 Å². The van der Waals surface area contributed by atoms with E-state index in [1.54, 1.807) is 6.07 Å². The van der Waals surface area contributed by atoms with Crippen LogP contribution in [0.1, 0.15) is 0 Å². The Hall–Kier alpha value is 0.480. The highest BCUT2D eigenvalue weighted by atomic mass is 79.9. The monoisotopic (exact) mass is 393 g/mol. The van der Waals surface area contributed by atoms with Crippen LogP contribution in [0, 0.1) is 0 Å². The van der Waals surface area contributed by atoms with Crippen molar-refractivity contribution in [1.82, 2.24) is 4.31 Å². The molecule has 0 saturated carbocycles. The molecule has 0 unspecified atom stereocenters. The van der Waals surface area contributed by atoms with E-state index >= 15 is 0 Å². The van der Waals surface area contributed by atoms with Gasteiger partial charge in [-0.1, -0.05) is 27.5 Å². The molecule has 8 heteroatoms. The van der Waals surface area contributed by atoms with Crippen molar-refractivity contribution in [2.45, 2.75) is 4.90 Å². The van der Waals surface area contributed by atoms with E-state index in [2.05, 4.69) is 15.9 Å². The summed E-state index contributed by atoms with van der Waals surface area (Å²) in [5, 5.41) is 0.165. The Labute approximate surface area is 130 Å². The molecule has 3 nitrogen and oxygen atoms in total. The maximum absolute atomic E-state index is 12.4.